The Balaban J connectivity index is 1.37. The van der Waals surface area contributed by atoms with Gasteiger partial charge in [0.2, 0.25) is 5.91 Å². The molecule has 1 atom stereocenters. The first-order chi connectivity index (χ1) is 9.71. The van der Waals surface area contributed by atoms with Gasteiger partial charge in [-0.05, 0) is 75.7 Å². The minimum absolute atomic E-state index is 0.195. The van der Waals surface area contributed by atoms with E-state index in [0.29, 0.717) is 18.4 Å². The van der Waals surface area contributed by atoms with Crippen molar-refractivity contribution in [1.29, 1.82) is 0 Å². The molecule has 112 valence electrons. The van der Waals surface area contributed by atoms with Gasteiger partial charge >= 0.3 is 0 Å². The number of hydrogen-bond donors (Lipinski definition) is 2. The second-order valence-electron chi connectivity index (χ2n) is 8.10. The Morgan fingerprint density at radius 2 is 1.70 bits per heavy atom. The van der Waals surface area contributed by atoms with Crippen LogP contribution in [0.2, 0.25) is 0 Å². The molecule has 5 rings (SSSR count). The van der Waals surface area contributed by atoms with E-state index in [1.54, 1.807) is 0 Å². The molecule has 0 aromatic carbocycles. The Hall–Kier alpha value is -0.570. The highest BCUT2D eigenvalue weighted by Crippen LogP contribution is 2.55. The Labute approximate surface area is 122 Å². The highest BCUT2D eigenvalue weighted by atomic mass is 16.1. The monoisotopic (exact) mass is 276 g/mol. The third-order valence-electron chi connectivity index (χ3n) is 6.29. The lowest BCUT2D eigenvalue weighted by Gasteiger charge is -2.57. The molecule has 0 spiro atoms. The second-order valence-corrected chi connectivity index (χ2v) is 8.10. The summed E-state index contributed by atoms with van der Waals surface area (Å²) in [6, 6.07) is 0.428. The fourth-order valence-corrected chi connectivity index (χ4v) is 5.93. The number of piperidine rings is 1. The summed E-state index contributed by atoms with van der Waals surface area (Å²) in [5.41, 5.74) is 0.195. The number of amides is 1. The lowest BCUT2D eigenvalue weighted by molar-refractivity contribution is -0.127. The summed E-state index contributed by atoms with van der Waals surface area (Å²) < 4.78 is 0. The van der Waals surface area contributed by atoms with Crippen molar-refractivity contribution in [2.45, 2.75) is 75.8 Å². The third kappa shape index (κ3) is 2.49. The van der Waals surface area contributed by atoms with E-state index in [1.165, 1.54) is 57.8 Å². The van der Waals surface area contributed by atoms with Gasteiger partial charge in [-0.15, -0.1) is 0 Å². The largest absolute Gasteiger partial charge is 0.351 e. The summed E-state index contributed by atoms with van der Waals surface area (Å²) >= 11 is 0. The summed E-state index contributed by atoms with van der Waals surface area (Å²) in [4.78, 5) is 12.4. The topological polar surface area (TPSA) is 41.1 Å². The molecule has 2 N–H and O–H groups in total. The number of hydrogen-bond acceptors (Lipinski definition) is 2. The van der Waals surface area contributed by atoms with Crippen molar-refractivity contribution in [3.63, 3.8) is 0 Å². The van der Waals surface area contributed by atoms with Gasteiger partial charge in [0.15, 0.2) is 0 Å². The maximum atomic E-state index is 12.4. The molecule has 1 aliphatic heterocycles. The van der Waals surface area contributed by atoms with Crippen LogP contribution in [0, 0.1) is 17.8 Å². The van der Waals surface area contributed by atoms with Crippen molar-refractivity contribution in [1.82, 2.24) is 10.6 Å². The molecule has 3 nitrogen and oxygen atoms in total. The molecule has 3 heteroatoms. The zero-order valence-electron chi connectivity index (χ0n) is 12.5. The van der Waals surface area contributed by atoms with E-state index >= 15 is 0 Å². The number of carbonyl (C=O) groups is 1. The zero-order valence-corrected chi connectivity index (χ0v) is 12.5. The van der Waals surface area contributed by atoms with Crippen LogP contribution in [0.25, 0.3) is 0 Å². The van der Waals surface area contributed by atoms with Crippen LogP contribution in [0.5, 0.6) is 0 Å². The molecule has 5 aliphatic rings. The molecule has 20 heavy (non-hydrogen) atoms. The molecule has 1 unspecified atom stereocenters. The summed E-state index contributed by atoms with van der Waals surface area (Å²) in [5, 5.41) is 6.99. The quantitative estimate of drug-likeness (QED) is 0.832. The van der Waals surface area contributed by atoms with Gasteiger partial charge < -0.3 is 10.6 Å². The number of carbonyl (C=O) groups excluding carboxylic acids is 1. The first kappa shape index (κ1) is 13.1. The van der Waals surface area contributed by atoms with Gasteiger partial charge in [-0.25, -0.2) is 0 Å². The first-order valence-corrected chi connectivity index (χ1v) is 8.75. The average Bonchev–Trinajstić information content (AvgIpc) is 2.37. The minimum atomic E-state index is 0.195. The van der Waals surface area contributed by atoms with Crippen molar-refractivity contribution in [3.8, 4) is 0 Å². The van der Waals surface area contributed by atoms with E-state index < -0.39 is 0 Å². The number of rotatable bonds is 3. The number of nitrogens with one attached hydrogen (secondary N) is 2. The van der Waals surface area contributed by atoms with Crippen LogP contribution in [0.15, 0.2) is 0 Å². The fraction of sp³-hybridized carbons (Fsp3) is 0.941. The van der Waals surface area contributed by atoms with Crippen molar-refractivity contribution in [2.75, 3.05) is 6.54 Å². The predicted octanol–water partition coefficient (Wildman–Crippen LogP) is 2.60. The van der Waals surface area contributed by atoms with Gasteiger partial charge in [-0.2, -0.15) is 0 Å². The first-order valence-electron chi connectivity index (χ1n) is 8.75. The van der Waals surface area contributed by atoms with Crippen LogP contribution in [0.4, 0.5) is 0 Å². The Morgan fingerprint density at radius 3 is 2.25 bits per heavy atom. The Morgan fingerprint density at radius 1 is 1.05 bits per heavy atom. The predicted molar refractivity (Wildman–Crippen MR) is 79.3 cm³/mol. The van der Waals surface area contributed by atoms with Crippen LogP contribution in [0.1, 0.15) is 64.2 Å². The van der Waals surface area contributed by atoms with Gasteiger partial charge in [0.25, 0.3) is 0 Å². The van der Waals surface area contributed by atoms with E-state index in [9.17, 15) is 4.79 Å². The summed E-state index contributed by atoms with van der Waals surface area (Å²) in [6.45, 7) is 1.09. The summed E-state index contributed by atoms with van der Waals surface area (Å²) in [7, 11) is 0. The maximum Gasteiger partial charge on any atom is 0.221 e. The molecule has 4 aliphatic carbocycles. The SMILES string of the molecule is O=C(CC1CCCCN1)NC12CC3CC(CC(C3)C1)C2. The normalized spacial score (nSPS) is 46.4. The van der Waals surface area contributed by atoms with E-state index in [-0.39, 0.29) is 5.54 Å². The summed E-state index contributed by atoms with van der Waals surface area (Å²) in [6.07, 6.45) is 12.6. The minimum Gasteiger partial charge on any atom is -0.351 e. The zero-order chi connectivity index (χ0) is 13.6. The molecule has 0 radical (unpaired) electrons. The van der Waals surface area contributed by atoms with E-state index in [1.807, 2.05) is 0 Å². The Bertz CT molecular complexity index is 351. The van der Waals surface area contributed by atoms with Crippen molar-refractivity contribution in [3.05, 3.63) is 0 Å². The lowest BCUT2D eigenvalue weighted by atomic mass is 9.53. The molecular formula is C17H28N2O. The van der Waals surface area contributed by atoms with Gasteiger partial charge in [0.05, 0.1) is 0 Å². The molecule has 1 saturated heterocycles. The maximum absolute atomic E-state index is 12.4. The average molecular weight is 276 g/mol. The molecular weight excluding hydrogens is 248 g/mol. The molecule has 4 saturated carbocycles. The van der Waals surface area contributed by atoms with Crippen LogP contribution < -0.4 is 10.6 Å². The van der Waals surface area contributed by atoms with Crippen LogP contribution in [-0.2, 0) is 4.79 Å². The van der Waals surface area contributed by atoms with Gasteiger partial charge in [-0.3, -0.25) is 4.79 Å². The van der Waals surface area contributed by atoms with Gasteiger partial charge in [0.1, 0.15) is 0 Å². The van der Waals surface area contributed by atoms with E-state index in [0.717, 1.165) is 24.3 Å². The molecule has 0 aromatic heterocycles. The molecule has 1 amide bonds. The van der Waals surface area contributed by atoms with Crippen LogP contribution in [0.3, 0.4) is 0 Å². The molecule has 4 bridgehead atoms. The lowest BCUT2D eigenvalue weighted by Crippen LogP contribution is -2.60. The highest BCUT2D eigenvalue weighted by molar-refractivity contribution is 5.77. The second kappa shape index (κ2) is 5.01. The molecule has 1 heterocycles. The van der Waals surface area contributed by atoms with Crippen molar-refractivity contribution < 1.29 is 4.79 Å². The van der Waals surface area contributed by atoms with Crippen LogP contribution in [-0.4, -0.2) is 24.0 Å². The smallest absolute Gasteiger partial charge is 0.221 e. The van der Waals surface area contributed by atoms with Crippen molar-refractivity contribution >= 4 is 5.91 Å². The van der Waals surface area contributed by atoms with Crippen molar-refractivity contribution in [2.24, 2.45) is 17.8 Å². The summed E-state index contributed by atoms with van der Waals surface area (Å²) in [5.74, 6) is 3.05. The van der Waals surface area contributed by atoms with Gasteiger partial charge in [0, 0.05) is 18.0 Å². The highest BCUT2D eigenvalue weighted by Gasteiger charge is 2.51. The van der Waals surface area contributed by atoms with E-state index in [4.69, 9.17) is 0 Å². The van der Waals surface area contributed by atoms with Gasteiger partial charge in [-0.1, -0.05) is 6.42 Å². The van der Waals surface area contributed by atoms with Crippen LogP contribution >= 0.6 is 0 Å². The van der Waals surface area contributed by atoms with E-state index in [2.05, 4.69) is 10.6 Å². The third-order valence-corrected chi connectivity index (χ3v) is 6.29. The molecule has 0 aromatic rings. The molecule has 5 fully saturated rings. The standard InChI is InChI=1S/C17H28N2O/c20-16(8-15-3-1-2-4-18-15)19-17-9-12-5-13(10-17)7-14(6-12)11-17/h12-15,18H,1-11H2,(H,19,20). The Kier molecular flexibility index (Phi) is 3.29. The fourth-order valence-electron chi connectivity index (χ4n) is 5.93.